The molecule has 0 radical (unpaired) electrons. The molecule has 11 heavy (non-hydrogen) atoms. The normalized spacial score (nSPS) is 10.0. The summed E-state index contributed by atoms with van der Waals surface area (Å²) < 4.78 is 12.8. The summed E-state index contributed by atoms with van der Waals surface area (Å²) in [4.78, 5) is 3.92. The zero-order valence-corrected chi connectivity index (χ0v) is 7.64. The minimum Gasteiger partial charge on any atom is -0.258 e. The van der Waals surface area contributed by atoms with Crippen molar-refractivity contribution in [3.8, 4) is 0 Å². The molecule has 0 aromatic carbocycles. The third kappa shape index (κ3) is 2.58. The Kier molecular flexibility index (Phi) is 3.49. The number of hydrogen-bond acceptors (Lipinski definition) is 1. The summed E-state index contributed by atoms with van der Waals surface area (Å²) in [5, 5.41) is 0.892. The maximum absolute atomic E-state index is 12.8. The van der Waals surface area contributed by atoms with Crippen LogP contribution in [0.4, 0.5) is 4.39 Å². The molecule has 0 aliphatic rings. The highest BCUT2D eigenvalue weighted by Gasteiger charge is 1.99. The molecule has 0 amide bonds. The molecule has 1 heterocycles. The third-order valence-electron chi connectivity index (χ3n) is 1.38. The minimum absolute atomic E-state index is 0.201. The monoisotopic (exact) mass is 217 g/mol. The Balaban J connectivity index is 2.62. The highest BCUT2D eigenvalue weighted by atomic mass is 79.9. The standard InChI is InChI=1S/C8H9BrFN/c9-5-1-4-8-7(10)3-2-6-11-8/h2-3,6H,1,4-5H2. The minimum atomic E-state index is -0.201. The van der Waals surface area contributed by atoms with E-state index < -0.39 is 0 Å². The van der Waals surface area contributed by atoms with E-state index in [1.54, 1.807) is 12.3 Å². The molecule has 1 aromatic heterocycles. The Hall–Kier alpha value is -0.440. The molecule has 0 bridgehead atoms. The highest BCUT2D eigenvalue weighted by Crippen LogP contribution is 2.05. The molecule has 0 atom stereocenters. The van der Waals surface area contributed by atoms with Gasteiger partial charge in [0.25, 0.3) is 0 Å². The van der Waals surface area contributed by atoms with E-state index in [-0.39, 0.29) is 5.82 Å². The fraction of sp³-hybridized carbons (Fsp3) is 0.375. The molecule has 1 aromatic rings. The van der Waals surface area contributed by atoms with Crippen molar-refractivity contribution >= 4 is 15.9 Å². The predicted molar refractivity (Wildman–Crippen MR) is 46.3 cm³/mol. The number of aryl methyl sites for hydroxylation is 1. The van der Waals surface area contributed by atoms with Crippen molar-refractivity contribution in [2.45, 2.75) is 12.8 Å². The first-order valence-electron chi connectivity index (χ1n) is 3.50. The van der Waals surface area contributed by atoms with Gasteiger partial charge in [-0.2, -0.15) is 0 Å². The molecular formula is C8H9BrFN. The highest BCUT2D eigenvalue weighted by molar-refractivity contribution is 9.09. The van der Waals surface area contributed by atoms with E-state index in [9.17, 15) is 4.39 Å². The topological polar surface area (TPSA) is 12.9 Å². The summed E-state index contributed by atoms with van der Waals surface area (Å²) in [7, 11) is 0. The summed E-state index contributed by atoms with van der Waals surface area (Å²) in [6.07, 6.45) is 3.25. The first-order valence-corrected chi connectivity index (χ1v) is 4.62. The van der Waals surface area contributed by atoms with Gasteiger partial charge in [0, 0.05) is 11.5 Å². The van der Waals surface area contributed by atoms with Crippen LogP contribution in [-0.2, 0) is 6.42 Å². The molecule has 3 heteroatoms. The van der Waals surface area contributed by atoms with Crippen molar-refractivity contribution in [1.29, 1.82) is 0 Å². The lowest BCUT2D eigenvalue weighted by Crippen LogP contribution is -1.94. The number of pyridine rings is 1. The second kappa shape index (κ2) is 4.44. The Morgan fingerprint density at radius 2 is 2.36 bits per heavy atom. The molecule has 1 nitrogen and oxygen atoms in total. The molecule has 60 valence electrons. The predicted octanol–water partition coefficient (Wildman–Crippen LogP) is 2.55. The van der Waals surface area contributed by atoms with Gasteiger partial charge < -0.3 is 0 Å². The van der Waals surface area contributed by atoms with E-state index in [0.29, 0.717) is 12.1 Å². The number of rotatable bonds is 3. The summed E-state index contributed by atoms with van der Waals surface area (Å²) in [5.41, 5.74) is 0.562. The maximum atomic E-state index is 12.8. The third-order valence-corrected chi connectivity index (χ3v) is 1.94. The van der Waals surface area contributed by atoms with Gasteiger partial charge in [0.05, 0.1) is 5.69 Å². The van der Waals surface area contributed by atoms with Crippen LogP contribution >= 0.6 is 15.9 Å². The van der Waals surface area contributed by atoms with Gasteiger partial charge in [0.15, 0.2) is 0 Å². The summed E-state index contributed by atoms with van der Waals surface area (Å²) in [6.45, 7) is 0. The summed E-state index contributed by atoms with van der Waals surface area (Å²) >= 11 is 3.28. The van der Waals surface area contributed by atoms with Crippen LogP contribution in [0.25, 0.3) is 0 Å². The Bertz CT molecular complexity index is 227. The summed E-state index contributed by atoms with van der Waals surface area (Å²) in [6, 6.07) is 3.05. The van der Waals surface area contributed by atoms with Gasteiger partial charge in [-0.25, -0.2) is 4.39 Å². The Morgan fingerprint density at radius 1 is 1.55 bits per heavy atom. The molecule has 0 fully saturated rings. The molecule has 0 N–H and O–H groups in total. The fourth-order valence-electron chi connectivity index (χ4n) is 0.837. The second-order valence-corrected chi connectivity index (χ2v) is 3.02. The van der Waals surface area contributed by atoms with Gasteiger partial charge >= 0.3 is 0 Å². The van der Waals surface area contributed by atoms with Gasteiger partial charge in [0.2, 0.25) is 0 Å². The number of alkyl halides is 1. The number of halogens is 2. The largest absolute Gasteiger partial charge is 0.258 e. The molecule has 0 aliphatic heterocycles. The first-order chi connectivity index (χ1) is 5.34. The van der Waals surface area contributed by atoms with E-state index in [1.807, 2.05) is 0 Å². The first kappa shape index (κ1) is 8.65. The summed E-state index contributed by atoms with van der Waals surface area (Å²) in [5.74, 6) is -0.201. The Labute approximate surface area is 73.8 Å². The number of nitrogens with zero attached hydrogens (tertiary/aromatic N) is 1. The van der Waals surface area contributed by atoms with Gasteiger partial charge in [0.1, 0.15) is 5.82 Å². The van der Waals surface area contributed by atoms with E-state index >= 15 is 0 Å². The van der Waals surface area contributed by atoms with Crippen LogP contribution in [0.5, 0.6) is 0 Å². The van der Waals surface area contributed by atoms with Crippen molar-refractivity contribution < 1.29 is 4.39 Å². The van der Waals surface area contributed by atoms with Crippen molar-refractivity contribution in [3.05, 3.63) is 29.8 Å². The van der Waals surface area contributed by atoms with Crippen molar-refractivity contribution in [1.82, 2.24) is 4.98 Å². The average Bonchev–Trinajstić information content (AvgIpc) is 2.03. The lowest BCUT2D eigenvalue weighted by molar-refractivity contribution is 0.596. The van der Waals surface area contributed by atoms with Crippen molar-refractivity contribution in [2.24, 2.45) is 0 Å². The van der Waals surface area contributed by atoms with Crippen LogP contribution in [0.2, 0.25) is 0 Å². The van der Waals surface area contributed by atoms with Crippen LogP contribution < -0.4 is 0 Å². The quantitative estimate of drug-likeness (QED) is 0.710. The van der Waals surface area contributed by atoms with Gasteiger partial charge in [-0.05, 0) is 25.0 Å². The smallest absolute Gasteiger partial charge is 0.144 e. The lowest BCUT2D eigenvalue weighted by atomic mass is 10.2. The van der Waals surface area contributed by atoms with Crippen LogP contribution in [0.15, 0.2) is 18.3 Å². The second-order valence-electron chi connectivity index (χ2n) is 2.22. The Morgan fingerprint density at radius 3 is 3.00 bits per heavy atom. The van der Waals surface area contributed by atoms with Gasteiger partial charge in [-0.15, -0.1) is 0 Å². The SMILES string of the molecule is Fc1cccnc1CCCBr. The van der Waals surface area contributed by atoms with Crippen molar-refractivity contribution in [2.75, 3.05) is 5.33 Å². The van der Waals surface area contributed by atoms with Crippen LogP contribution in [-0.4, -0.2) is 10.3 Å². The maximum Gasteiger partial charge on any atom is 0.144 e. The zero-order valence-electron chi connectivity index (χ0n) is 6.06. The van der Waals surface area contributed by atoms with Crippen molar-refractivity contribution in [3.63, 3.8) is 0 Å². The fourth-order valence-corrected chi connectivity index (χ4v) is 1.12. The molecule has 0 spiro atoms. The molecule has 0 saturated carbocycles. The molecule has 1 rings (SSSR count). The van der Waals surface area contributed by atoms with E-state index in [4.69, 9.17) is 0 Å². The molecule has 0 saturated heterocycles. The van der Waals surface area contributed by atoms with Crippen LogP contribution in [0, 0.1) is 5.82 Å². The van der Waals surface area contributed by atoms with E-state index in [1.165, 1.54) is 6.07 Å². The van der Waals surface area contributed by atoms with Gasteiger partial charge in [-0.3, -0.25) is 4.98 Å². The number of aromatic nitrogens is 1. The lowest BCUT2D eigenvalue weighted by Gasteiger charge is -1.98. The van der Waals surface area contributed by atoms with E-state index in [0.717, 1.165) is 11.8 Å². The number of hydrogen-bond donors (Lipinski definition) is 0. The molecule has 0 aliphatic carbocycles. The van der Waals surface area contributed by atoms with Crippen LogP contribution in [0.1, 0.15) is 12.1 Å². The zero-order chi connectivity index (χ0) is 8.10. The van der Waals surface area contributed by atoms with Crippen LogP contribution in [0.3, 0.4) is 0 Å². The molecule has 0 unspecified atom stereocenters. The molecular weight excluding hydrogens is 209 g/mol. The van der Waals surface area contributed by atoms with E-state index in [2.05, 4.69) is 20.9 Å². The van der Waals surface area contributed by atoms with Gasteiger partial charge in [-0.1, -0.05) is 15.9 Å². The average molecular weight is 218 g/mol.